The largest absolute Gasteiger partial charge is 0.481 e. The van der Waals surface area contributed by atoms with Crippen LogP contribution in [0.4, 0.5) is 5.82 Å². The van der Waals surface area contributed by atoms with E-state index in [4.69, 9.17) is 15.2 Å². The summed E-state index contributed by atoms with van der Waals surface area (Å²) >= 11 is 0. The van der Waals surface area contributed by atoms with Crippen molar-refractivity contribution in [1.29, 1.82) is 0 Å². The zero-order valence-electron chi connectivity index (χ0n) is 17.3. The van der Waals surface area contributed by atoms with Gasteiger partial charge in [-0.1, -0.05) is 18.4 Å². The average molecular weight is 418 g/mol. The molecule has 158 valence electrons. The Bertz CT molecular complexity index is 1200. The number of anilines is 1. The lowest BCUT2D eigenvalue weighted by Gasteiger charge is -2.15. The van der Waals surface area contributed by atoms with Crippen molar-refractivity contribution in [3.05, 3.63) is 48.4 Å². The highest BCUT2D eigenvalue weighted by Gasteiger charge is 2.28. The van der Waals surface area contributed by atoms with Crippen LogP contribution in [0, 0.1) is 11.8 Å². The topological polar surface area (TPSA) is 108 Å². The van der Waals surface area contributed by atoms with Crippen LogP contribution in [0.3, 0.4) is 0 Å². The second-order valence-corrected chi connectivity index (χ2v) is 7.03. The van der Waals surface area contributed by atoms with Crippen LogP contribution >= 0.6 is 0 Å². The van der Waals surface area contributed by atoms with Crippen LogP contribution in [0.1, 0.15) is 23.6 Å². The van der Waals surface area contributed by atoms with Gasteiger partial charge in [0.2, 0.25) is 17.7 Å². The van der Waals surface area contributed by atoms with Gasteiger partial charge in [-0.15, -0.1) is 0 Å². The molecule has 1 aliphatic rings. The highest BCUT2D eigenvalue weighted by Crippen LogP contribution is 2.30. The molecular formula is C22H22N6O3. The Morgan fingerprint density at radius 2 is 2.00 bits per heavy atom. The van der Waals surface area contributed by atoms with Gasteiger partial charge in [-0.25, -0.2) is 9.97 Å². The molecule has 31 heavy (non-hydrogen) atoms. The van der Waals surface area contributed by atoms with E-state index in [1.165, 1.54) is 26.6 Å². The third kappa shape index (κ3) is 3.88. The number of carbonyl (C=O) groups excluding carboxylic acids is 1. The number of carbonyl (C=O) groups is 1. The van der Waals surface area contributed by atoms with E-state index < -0.39 is 0 Å². The van der Waals surface area contributed by atoms with Gasteiger partial charge >= 0.3 is 0 Å². The third-order valence-corrected chi connectivity index (χ3v) is 5.22. The first-order chi connectivity index (χ1) is 15.0. The number of fused-ring (bicyclic) bond motifs is 1. The molecule has 4 rings (SSSR count). The molecule has 0 radical (unpaired) electrons. The lowest BCUT2D eigenvalue weighted by Crippen LogP contribution is -2.27. The number of methoxy groups -OCH3 is 2. The lowest BCUT2D eigenvalue weighted by atomic mass is 10.2. The molecular weight excluding hydrogens is 396 g/mol. The van der Waals surface area contributed by atoms with Gasteiger partial charge in [-0.3, -0.25) is 4.79 Å². The molecule has 9 nitrogen and oxygen atoms in total. The van der Waals surface area contributed by atoms with Gasteiger partial charge in [0, 0.05) is 37.0 Å². The van der Waals surface area contributed by atoms with Crippen LogP contribution in [0.5, 0.6) is 11.8 Å². The summed E-state index contributed by atoms with van der Waals surface area (Å²) in [6, 6.07) is 3.52. The van der Waals surface area contributed by atoms with E-state index in [-0.39, 0.29) is 11.9 Å². The number of likely N-dealkylation sites (tertiary alicyclic amines) is 1. The maximum Gasteiger partial charge on any atom is 0.246 e. The normalized spacial score (nSPS) is 15.4. The lowest BCUT2D eigenvalue weighted by molar-refractivity contribution is -0.125. The van der Waals surface area contributed by atoms with Crippen molar-refractivity contribution in [2.75, 3.05) is 33.0 Å². The van der Waals surface area contributed by atoms with Gasteiger partial charge in [0.25, 0.3) is 0 Å². The molecule has 0 bridgehead atoms. The predicted molar refractivity (Wildman–Crippen MR) is 116 cm³/mol. The summed E-state index contributed by atoms with van der Waals surface area (Å²) in [5, 5.41) is 0.691. The number of aromatic nitrogens is 4. The standard InChI is InChI=1S/C22H22N6O3/c1-4-19(29)27-8-7-16(12-27)28-11-15(20-21(23)24-13-25-22(20)28)6-5-14-9-17(30-2)26-18(10-14)31-3/h4,9-11,13,16H,1,7-8,12H2,2-3H3,(H2,23,24,25). The van der Waals surface area contributed by atoms with E-state index in [2.05, 4.69) is 33.4 Å². The molecule has 2 N–H and O–H groups in total. The molecule has 1 fully saturated rings. The summed E-state index contributed by atoms with van der Waals surface area (Å²) in [5.74, 6) is 7.39. The molecule has 1 saturated heterocycles. The minimum absolute atomic E-state index is 0.0670. The molecule has 0 saturated carbocycles. The number of ether oxygens (including phenoxy) is 2. The fourth-order valence-electron chi connectivity index (χ4n) is 3.68. The van der Waals surface area contributed by atoms with Gasteiger partial charge in [-0.2, -0.15) is 4.98 Å². The number of amides is 1. The summed E-state index contributed by atoms with van der Waals surface area (Å²) in [6.07, 6.45) is 5.50. The van der Waals surface area contributed by atoms with Crippen LogP contribution in [0.15, 0.2) is 37.3 Å². The van der Waals surface area contributed by atoms with Crippen LogP contribution < -0.4 is 15.2 Å². The number of pyridine rings is 1. The van der Waals surface area contributed by atoms with Crippen molar-refractivity contribution in [2.24, 2.45) is 0 Å². The smallest absolute Gasteiger partial charge is 0.246 e. The molecule has 0 aliphatic carbocycles. The Labute approximate surface area is 179 Å². The first-order valence-corrected chi connectivity index (χ1v) is 9.68. The molecule has 4 heterocycles. The van der Waals surface area contributed by atoms with Gasteiger partial charge in [-0.05, 0) is 12.5 Å². The Balaban J connectivity index is 1.75. The fourth-order valence-corrected chi connectivity index (χ4v) is 3.68. The Morgan fingerprint density at radius 1 is 1.26 bits per heavy atom. The van der Waals surface area contributed by atoms with Crippen molar-refractivity contribution in [2.45, 2.75) is 12.5 Å². The monoisotopic (exact) mass is 418 g/mol. The number of hydrogen-bond donors (Lipinski definition) is 1. The van der Waals surface area contributed by atoms with Crippen molar-refractivity contribution in [1.82, 2.24) is 24.4 Å². The zero-order chi connectivity index (χ0) is 22.0. The average Bonchev–Trinajstić information content (AvgIpc) is 3.42. The molecule has 3 aromatic rings. The molecule has 0 spiro atoms. The summed E-state index contributed by atoms with van der Waals surface area (Å²) in [6.45, 7) is 4.80. The van der Waals surface area contributed by atoms with Crippen LogP contribution in [0.2, 0.25) is 0 Å². The fraction of sp³-hybridized carbons (Fsp3) is 0.273. The predicted octanol–water partition coefficient (Wildman–Crippen LogP) is 1.78. The molecule has 1 unspecified atom stereocenters. The molecule has 1 atom stereocenters. The number of rotatable bonds is 4. The minimum Gasteiger partial charge on any atom is -0.481 e. The molecule has 1 amide bonds. The highest BCUT2D eigenvalue weighted by atomic mass is 16.5. The Morgan fingerprint density at radius 3 is 2.68 bits per heavy atom. The third-order valence-electron chi connectivity index (χ3n) is 5.22. The maximum atomic E-state index is 12.0. The zero-order valence-corrected chi connectivity index (χ0v) is 17.3. The second-order valence-electron chi connectivity index (χ2n) is 7.03. The summed E-state index contributed by atoms with van der Waals surface area (Å²) in [5.41, 5.74) is 8.25. The second kappa shape index (κ2) is 8.36. The van der Waals surface area contributed by atoms with Gasteiger partial charge < -0.3 is 24.7 Å². The van der Waals surface area contributed by atoms with E-state index >= 15 is 0 Å². The minimum atomic E-state index is -0.0753. The van der Waals surface area contributed by atoms with E-state index in [0.29, 0.717) is 52.8 Å². The molecule has 0 aromatic carbocycles. The summed E-state index contributed by atoms with van der Waals surface area (Å²) in [7, 11) is 3.07. The number of nitrogens with two attached hydrogens (primary N) is 1. The van der Waals surface area contributed by atoms with Crippen LogP contribution in [-0.2, 0) is 4.79 Å². The van der Waals surface area contributed by atoms with Crippen molar-refractivity contribution in [3.8, 4) is 23.6 Å². The molecule has 1 aliphatic heterocycles. The summed E-state index contributed by atoms with van der Waals surface area (Å²) < 4.78 is 12.4. The maximum absolute atomic E-state index is 12.0. The van der Waals surface area contributed by atoms with Gasteiger partial charge in [0.1, 0.15) is 17.8 Å². The van der Waals surface area contributed by atoms with E-state index in [9.17, 15) is 4.79 Å². The first-order valence-electron chi connectivity index (χ1n) is 9.68. The Hall–Kier alpha value is -4.06. The number of nitrogen functional groups attached to an aromatic ring is 1. The van der Waals surface area contributed by atoms with Crippen molar-refractivity contribution in [3.63, 3.8) is 0 Å². The molecule has 3 aromatic heterocycles. The summed E-state index contributed by atoms with van der Waals surface area (Å²) in [4.78, 5) is 26.5. The van der Waals surface area contributed by atoms with E-state index in [0.717, 1.165) is 6.42 Å². The van der Waals surface area contributed by atoms with Crippen LogP contribution in [0.25, 0.3) is 11.0 Å². The molecule has 9 heteroatoms. The van der Waals surface area contributed by atoms with Gasteiger partial charge in [0.05, 0.1) is 31.2 Å². The van der Waals surface area contributed by atoms with Crippen molar-refractivity contribution < 1.29 is 14.3 Å². The van der Waals surface area contributed by atoms with Gasteiger partial charge in [0.15, 0.2) is 0 Å². The number of hydrogen-bond acceptors (Lipinski definition) is 7. The highest BCUT2D eigenvalue weighted by molar-refractivity contribution is 5.92. The van der Waals surface area contributed by atoms with E-state index in [1.807, 2.05) is 10.8 Å². The quantitative estimate of drug-likeness (QED) is 0.508. The Kier molecular flexibility index (Phi) is 5.45. The van der Waals surface area contributed by atoms with Crippen LogP contribution in [-0.4, -0.2) is 57.6 Å². The number of nitrogens with zero attached hydrogens (tertiary/aromatic N) is 5. The van der Waals surface area contributed by atoms with Crippen molar-refractivity contribution >= 4 is 22.8 Å². The SMILES string of the molecule is C=CC(=O)N1CCC(n2cc(C#Cc3cc(OC)nc(OC)c3)c3c(N)ncnc32)C1. The first kappa shape index (κ1) is 20.2. The van der Waals surface area contributed by atoms with E-state index in [1.54, 1.807) is 17.0 Å².